The summed E-state index contributed by atoms with van der Waals surface area (Å²) < 4.78 is 10.8. The van der Waals surface area contributed by atoms with E-state index in [1.54, 1.807) is 14.0 Å². The summed E-state index contributed by atoms with van der Waals surface area (Å²) in [5.74, 6) is 2.24. The number of hydrogen-bond acceptors (Lipinski definition) is 5. The highest BCUT2D eigenvalue weighted by molar-refractivity contribution is 14.0. The number of ether oxygens (including phenoxy) is 2. The largest absolute Gasteiger partial charge is 0.497 e. The Kier molecular flexibility index (Phi) is 10.5. The number of methoxy groups -OCH3 is 1. The van der Waals surface area contributed by atoms with Gasteiger partial charge in [0.1, 0.15) is 23.7 Å². The highest BCUT2D eigenvalue weighted by Crippen LogP contribution is 2.25. The summed E-state index contributed by atoms with van der Waals surface area (Å²) in [5.41, 5.74) is -0.976. The molecule has 0 aliphatic rings. The van der Waals surface area contributed by atoms with Gasteiger partial charge in [0.05, 0.1) is 20.2 Å². The molecule has 2 aromatic rings. The zero-order valence-electron chi connectivity index (χ0n) is 15.9. The van der Waals surface area contributed by atoms with Crippen LogP contribution in [-0.2, 0) is 5.60 Å². The van der Waals surface area contributed by atoms with E-state index in [4.69, 9.17) is 9.47 Å². The molecule has 1 unspecified atom stereocenters. The molecule has 1 aromatic carbocycles. The zero-order valence-corrected chi connectivity index (χ0v) is 19.0. The Morgan fingerprint density at radius 2 is 1.89 bits per heavy atom. The molecule has 0 saturated heterocycles. The maximum absolute atomic E-state index is 10.6. The summed E-state index contributed by atoms with van der Waals surface area (Å²) in [6.07, 6.45) is 0. The Balaban J connectivity index is 0.00000364. The Morgan fingerprint density at radius 1 is 1.19 bits per heavy atom. The minimum absolute atomic E-state index is 0. The molecule has 3 N–H and O–H groups in total. The summed E-state index contributed by atoms with van der Waals surface area (Å²) in [4.78, 5) is 5.39. The molecule has 1 atom stereocenters. The van der Waals surface area contributed by atoms with Gasteiger partial charge in [0.2, 0.25) is 0 Å². The van der Waals surface area contributed by atoms with Crippen LogP contribution in [0.4, 0.5) is 0 Å². The van der Waals surface area contributed by atoms with Crippen LogP contribution in [0, 0.1) is 0 Å². The van der Waals surface area contributed by atoms with Crippen LogP contribution < -0.4 is 20.1 Å². The van der Waals surface area contributed by atoms with Crippen molar-refractivity contribution in [3.05, 3.63) is 46.7 Å². The second kappa shape index (κ2) is 12.0. The monoisotopic (exact) mass is 505 g/mol. The third-order valence-electron chi connectivity index (χ3n) is 3.66. The predicted molar refractivity (Wildman–Crippen MR) is 122 cm³/mol. The van der Waals surface area contributed by atoms with Crippen molar-refractivity contribution in [3.63, 3.8) is 0 Å². The first-order valence-corrected chi connectivity index (χ1v) is 9.48. The number of rotatable bonds is 9. The van der Waals surface area contributed by atoms with Gasteiger partial charge in [-0.15, -0.1) is 35.3 Å². The molecule has 0 spiro atoms. The van der Waals surface area contributed by atoms with Gasteiger partial charge in [-0.25, -0.2) is 4.99 Å². The number of hydrogen-bond donors (Lipinski definition) is 3. The van der Waals surface area contributed by atoms with Gasteiger partial charge in [-0.3, -0.25) is 0 Å². The van der Waals surface area contributed by atoms with Gasteiger partial charge in [0.25, 0.3) is 0 Å². The van der Waals surface area contributed by atoms with Crippen molar-refractivity contribution in [1.29, 1.82) is 0 Å². The quantitative estimate of drug-likeness (QED) is 0.211. The predicted octanol–water partition coefficient (Wildman–Crippen LogP) is 3.22. The summed E-state index contributed by atoms with van der Waals surface area (Å²) in [6.45, 7) is 5.90. The molecule has 0 amide bonds. The third kappa shape index (κ3) is 7.94. The molecule has 0 aliphatic carbocycles. The summed E-state index contributed by atoms with van der Waals surface area (Å²) in [6, 6.07) is 11.3. The van der Waals surface area contributed by atoms with E-state index in [2.05, 4.69) is 15.6 Å². The Labute approximate surface area is 182 Å². The lowest BCUT2D eigenvalue weighted by Gasteiger charge is -2.20. The van der Waals surface area contributed by atoms with Crippen molar-refractivity contribution >= 4 is 41.3 Å². The first kappa shape index (κ1) is 23.5. The molecule has 8 heteroatoms. The summed E-state index contributed by atoms with van der Waals surface area (Å²) >= 11 is 1.53. The van der Waals surface area contributed by atoms with Gasteiger partial charge in [-0.1, -0.05) is 6.07 Å². The molecule has 27 heavy (non-hydrogen) atoms. The van der Waals surface area contributed by atoms with Crippen molar-refractivity contribution in [2.24, 2.45) is 4.99 Å². The Hall–Kier alpha value is -1.52. The number of guanidine groups is 1. The first-order valence-electron chi connectivity index (χ1n) is 8.60. The van der Waals surface area contributed by atoms with Crippen LogP contribution in [0.3, 0.4) is 0 Å². The van der Waals surface area contributed by atoms with Gasteiger partial charge >= 0.3 is 0 Å². The highest BCUT2D eigenvalue weighted by Gasteiger charge is 2.23. The van der Waals surface area contributed by atoms with E-state index in [1.165, 1.54) is 11.3 Å². The zero-order chi connectivity index (χ0) is 18.8. The van der Waals surface area contributed by atoms with E-state index in [9.17, 15) is 5.11 Å². The fraction of sp³-hybridized carbons (Fsp3) is 0.421. The van der Waals surface area contributed by atoms with Gasteiger partial charge in [0.15, 0.2) is 5.96 Å². The average molecular weight is 505 g/mol. The van der Waals surface area contributed by atoms with Crippen molar-refractivity contribution in [1.82, 2.24) is 10.6 Å². The van der Waals surface area contributed by atoms with Crippen LogP contribution in [0.25, 0.3) is 0 Å². The molecule has 0 saturated carbocycles. The Morgan fingerprint density at radius 3 is 2.48 bits per heavy atom. The molecule has 150 valence electrons. The van der Waals surface area contributed by atoms with Crippen molar-refractivity contribution in [2.45, 2.75) is 19.4 Å². The molecule has 0 radical (unpaired) electrons. The van der Waals surface area contributed by atoms with Gasteiger partial charge in [0, 0.05) is 11.4 Å². The van der Waals surface area contributed by atoms with E-state index in [0.29, 0.717) is 19.1 Å². The van der Waals surface area contributed by atoms with Crippen LogP contribution in [0.2, 0.25) is 0 Å². The van der Waals surface area contributed by atoms with E-state index < -0.39 is 5.60 Å². The minimum Gasteiger partial charge on any atom is -0.497 e. The molecule has 0 fully saturated rings. The molecule has 1 aromatic heterocycles. The van der Waals surface area contributed by atoms with Gasteiger partial charge < -0.3 is 25.2 Å². The lowest BCUT2D eigenvalue weighted by atomic mass is 10.1. The maximum atomic E-state index is 10.6. The fourth-order valence-electron chi connectivity index (χ4n) is 2.25. The van der Waals surface area contributed by atoms with Crippen molar-refractivity contribution in [3.8, 4) is 11.5 Å². The van der Waals surface area contributed by atoms with Crippen LogP contribution in [0.15, 0.2) is 46.8 Å². The molecule has 2 rings (SSSR count). The van der Waals surface area contributed by atoms with Crippen LogP contribution in [0.1, 0.15) is 18.7 Å². The van der Waals surface area contributed by atoms with Crippen LogP contribution >= 0.6 is 35.3 Å². The molecule has 0 aliphatic heterocycles. The third-order valence-corrected chi connectivity index (χ3v) is 4.79. The molecule has 1 heterocycles. The number of nitrogens with one attached hydrogen (secondary N) is 2. The smallest absolute Gasteiger partial charge is 0.191 e. The average Bonchev–Trinajstić information content (AvgIpc) is 3.19. The van der Waals surface area contributed by atoms with Crippen LogP contribution in [0.5, 0.6) is 11.5 Å². The SMILES string of the molecule is CCNC(=NCC(C)(O)c1cccs1)NCCOc1ccc(OC)cc1.I. The second-order valence-corrected chi connectivity index (χ2v) is 6.84. The van der Waals surface area contributed by atoms with Gasteiger partial charge in [-0.2, -0.15) is 0 Å². The Bertz CT molecular complexity index is 676. The number of thiophene rings is 1. The fourth-order valence-corrected chi connectivity index (χ4v) is 3.03. The normalized spacial score (nSPS) is 13.3. The van der Waals surface area contributed by atoms with E-state index in [1.807, 2.05) is 48.7 Å². The number of aliphatic imine (C=N–C) groups is 1. The van der Waals surface area contributed by atoms with Gasteiger partial charge in [-0.05, 0) is 49.6 Å². The van der Waals surface area contributed by atoms with Crippen LogP contribution in [-0.4, -0.2) is 44.4 Å². The van der Waals surface area contributed by atoms with Crippen molar-refractivity contribution in [2.75, 3.05) is 33.4 Å². The van der Waals surface area contributed by atoms with E-state index in [0.717, 1.165) is 22.9 Å². The standard InChI is InChI=1S/C19H27N3O3S.HI/c1-4-20-18(22-14-19(2,23)17-6-5-13-26-17)21-11-12-25-16-9-7-15(24-3)8-10-16;/h5-10,13,23H,4,11-12,14H2,1-3H3,(H2,20,21,22);1H. The maximum Gasteiger partial charge on any atom is 0.191 e. The van der Waals surface area contributed by atoms with E-state index >= 15 is 0 Å². The molecular formula is C19H28IN3O3S. The number of benzene rings is 1. The highest BCUT2D eigenvalue weighted by atomic mass is 127. The number of aliphatic hydroxyl groups is 1. The topological polar surface area (TPSA) is 75.1 Å². The lowest BCUT2D eigenvalue weighted by molar-refractivity contribution is 0.0711. The molecule has 6 nitrogen and oxygen atoms in total. The molecule has 0 bridgehead atoms. The molecular weight excluding hydrogens is 477 g/mol. The lowest BCUT2D eigenvalue weighted by Crippen LogP contribution is -2.40. The van der Waals surface area contributed by atoms with E-state index in [-0.39, 0.29) is 30.5 Å². The van der Waals surface area contributed by atoms with Crippen molar-refractivity contribution < 1.29 is 14.6 Å². The summed E-state index contributed by atoms with van der Waals surface area (Å²) in [7, 11) is 1.64. The summed E-state index contributed by atoms with van der Waals surface area (Å²) in [5, 5.41) is 18.9. The second-order valence-electron chi connectivity index (χ2n) is 5.90. The first-order chi connectivity index (χ1) is 12.5. The number of nitrogens with zero attached hydrogens (tertiary/aromatic N) is 1. The number of halogens is 1. The minimum atomic E-state index is -0.976.